The fourth-order valence-corrected chi connectivity index (χ4v) is 2.39. The van der Waals surface area contributed by atoms with Gasteiger partial charge in [0.25, 0.3) is 0 Å². The SMILES string of the molecule is CCCOc1ccc(CNC(=O)N(C)Cc2nccn2C(F)F)cc1OC. The van der Waals surface area contributed by atoms with Gasteiger partial charge in [-0.2, -0.15) is 8.78 Å². The lowest BCUT2D eigenvalue weighted by atomic mass is 10.2. The van der Waals surface area contributed by atoms with Crippen LogP contribution in [-0.4, -0.2) is 41.2 Å². The Bertz CT molecular complexity index is 752. The number of nitrogens with zero attached hydrogens (tertiary/aromatic N) is 3. The van der Waals surface area contributed by atoms with E-state index in [-0.39, 0.29) is 18.9 Å². The van der Waals surface area contributed by atoms with Crippen molar-refractivity contribution in [3.63, 3.8) is 0 Å². The molecule has 0 aliphatic heterocycles. The van der Waals surface area contributed by atoms with Gasteiger partial charge in [-0.1, -0.05) is 13.0 Å². The Morgan fingerprint density at radius 2 is 2.15 bits per heavy atom. The number of imidazole rings is 1. The van der Waals surface area contributed by atoms with Crippen molar-refractivity contribution in [3.05, 3.63) is 42.0 Å². The Labute approximate surface area is 156 Å². The van der Waals surface area contributed by atoms with Crippen molar-refractivity contribution in [2.24, 2.45) is 0 Å². The van der Waals surface area contributed by atoms with Gasteiger partial charge >= 0.3 is 12.6 Å². The average molecular weight is 382 g/mol. The average Bonchev–Trinajstić information content (AvgIpc) is 3.12. The van der Waals surface area contributed by atoms with Crippen molar-refractivity contribution in [2.75, 3.05) is 20.8 Å². The maximum Gasteiger partial charge on any atom is 0.319 e. The third-order valence-corrected chi connectivity index (χ3v) is 3.82. The van der Waals surface area contributed by atoms with Crippen LogP contribution in [0.25, 0.3) is 0 Å². The van der Waals surface area contributed by atoms with Gasteiger partial charge in [-0.05, 0) is 24.1 Å². The summed E-state index contributed by atoms with van der Waals surface area (Å²) >= 11 is 0. The standard InChI is InChI=1S/C18H24F2N4O3/c1-4-9-27-14-6-5-13(10-15(14)26-3)11-22-18(25)23(2)12-16-21-7-8-24(16)17(19)20/h5-8,10,17H,4,9,11-12H2,1-3H3,(H,22,25). The summed E-state index contributed by atoms with van der Waals surface area (Å²) < 4.78 is 37.3. The number of nitrogens with one attached hydrogen (secondary N) is 1. The highest BCUT2D eigenvalue weighted by Gasteiger charge is 2.16. The Morgan fingerprint density at radius 3 is 2.81 bits per heavy atom. The summed E-state index contributed by atoms with van der Waals surface area (Å²) in [7, 11) is 3.07. The van der Waals surface area contributed by atoms with E-state index < -0.39 is 12.6 Å². The van der Waals surface area contributed by atoms with Crippen molar-refractivity contribution >= 4 is 6.03 Å². The first-order valence-electron chi connectivity index (χ1n) is 8.54. The number of rotatable bonds is 9. The molecule has 0 spiro atoms. The van der Waals surface area contributed by atoms with Gasteiger partial charge in [0.1, 0.15) is 5.82 Å². The van der Waals surface area contributed by atoms with E-state index in [2.05, 4.69) is 10.3 Å². The number of urea groups is 1. The smallest absolute Gasteiger partial charge is 0.319 e. The van der Waals surface area contributed by atoms with Crippen LogP contribution in [0.3, 0.4) is 0 Å². The summed E-state index contributed by atoms with van der Waals surface area (Å²) in [5.41, 5.74) is 0.825. The van der Waals surface area contributed by atoms with Gasteiger partial charge in [0.15, 0.2) is 11.5 Å². The highest BCUT2D eigenvalue weighted by Crippen LogP contribution is 2.28. The Morgan fingerprint density at radius 1 is 1.37 bits per heavy atom. The first-order chi connectivity index (χ1) is 13.0. The first kappa shape index (κ1) is 20.5. The van der Waals surface area contributed by atoms with Gasteiger partial charge in [0, 0.05) is 26.0 Å². The molecule has 1 heterocycles. The summed E-state index contributed by atoms with van der Waals surface area (Å²) in [6.07, 6.45) is 3.35. The third kappa shape index (κ3) is 5.57. The van der Waals surface area contributed by atoms with Crippen LogP contribution in [0.5, 0.6) is 11.5 Å². The van der Waals surface area contributed by atoms with E-state index in [1.807, 2.05) is 13.0 Å². The van der Waals surface area contributed by atoms with Crippen molar-refractivity contribution in [1.29, 1.82) is 0 Å². The molecule has 0 bridgehead atoms. The van der Waals surface area contributed by atoms with Gasteiger partial charge in [0.05, 0.1) is 20.3 Å². The largest absolute Gasteiger partial charge is 0.493 e. The number of aromatic nitrogens is 2. The second kappa shape index (κ2) is 9.75. The molecular weight excluding hydrogens is 358 g/mol. The summed E-state index contributed by atoms with van der Waals surface area (Å²) in [6.45, 7) is 0.138. The van der Waals surface area contributed by atoms with Crippen molar-refractivity contribution in [2.45, 2.75) is 33.0 Å². The fourth-order valence-electron chi connectivity index (χ4n) is 2.39. The predicted molar refractivity (Wildman–Crippen MR) is 96.0 cm³/mol. The minimum absolute atomic E-state index is 0.0315. The minimum atomic E-state index is -2.69. The molecule has 2 amide bonds. The number of carbonyl (C=O) groups is 1. The number of ether oxygens (including phenoxy) is 2. The van der Waals surface area contributed by atoms with Crippen molar-refractivity contribution in [3.8, 4) is 11.5 Å². The van der Waals surface area contributed by atoms with Gasteiger partial charge in [-0.15, -0.1) is 0 Å². The van der Waals surface area contributed by atoms with Crippen LogP contribution in [0.2, 0.25) is 0 Å². The molecule has 0 saturated heterocycles. The normalized spacial score (nSPS) is 10.7. The lowest BCUT2D eigenvalue weighted by Gasteiger charge is -2.18. The van der Waals surface area contributed by atoms with Crippen LogP contribution < -0.4 is 14.8 Å². The monoisotopic (exact) mass is 382 g/mol. The molecule has 27 heavy (non-hydrogen) atoms. The Balaban J connectivity index is 1.93. The maximum absolute atomic E-state index is 12.8. The summed E-state index contributed by atoms with van der Waals surface area (Å²) in [5.74, 6) is 1.34. The summed E-state index contributed by atoms with van der Waals surface area (Å²) in [4.78, 5) is 17.4. The van der Waals surface area contributed by atoms with Crippen molar-refractivity contribution < 1.29 is 23.0 Å². The maximum atomic E-state index is 12.8. The second-order valence-electron chi connectivity index (χ2n) is 5.88. The zero-order valence-electron chi connectivity index (χ0n) is 15.6. The van der Waals surface area contributed by atoms with Crippen LogP contribution in [-0.2, 0) is 13.1 Å². The van der Waals surface area contributed by atoms with E-state index in [0.29, 0.717) is 18.1 Å². The van der Waals surface area contributed by atoms with Crippen molar-refractivity contribution in [1.82, 2.24) is 19.8 Å². The molecule has 0 unspecified atom stereocenters. The zero-order valence-corrected chi connectivity index (χ0v) is 15.6. The van der Waals surface area contributed by atoms with Crippen LogP contribution in [0.15, 0.2) is 30.6 Å². The molecule has 0 radical (unpaired) electrons. The number of hydrogen-bond acceptors (Lipinski definition) is 4. The summed E-state index contributed by atoms with van der Waals surface area (Å²) in [5, 5.41) is 2.74. The fraction of sp³-hybridized carbons (Fsp3) is 0.444. The van der Waals surface area contributed by atoms with E-state index in [4.69, 9.17) is 9.47 Å². The predicted octanol–water partition coefficient (Wildman–Crippen LogP) is 3.42. The molecule has 2 rings (SSSR count). The molecule has 7 nitrogen and oxygen atoms in total. The molecule has 1 N–H and O–H groups in total. The Kier molecular flexibility index (Phi) is 7.39. The molecule has 2 aromatic rings. The van der Waals surface area contributed by atoms with Crippen LogP contribution >= 0.6 is 0 Å². The number of alkyl halides is 2. The molecule has 0 fully saturated rings. The van der Waals surface area contributed by atoms with Gasteiger partial charge < -0.3 is 19.7 Å². The number of halogens is 2. The molecule has 9 heteroatoms. The number of hydrogen-bond donors (Lipinski definition) is 1. The van der Waals surface area contributed by atoms with Gasteiger partial charge in [-0.3, -0.25) is 4.57 Å². The van der Waals surface area contributed by atoms with E-state index in [9.17, 15) is 13.6 Å². The molecule has 0 atom stereocenters. The van der Waals surface area contributed by atoms with Gasteiger partial charge in [-0.25, -0.2) is 9.78 Å². The quantitative estimate of drug-likeness (QED) is 0.722. The molecule has 0 aliphatic carbocycles. The van der Waals surface area contributed by atoms with Crippen LogP contribution in [0, 0.1) is 0 Å². The van der Waals surface area contributed by atoms with E-state index >= 15 is 0 Å². The number of carbonyl (C=O) groups excluding carboxylic acids is 1. The Hall–Kier alpha value is -2.84. The zero-order chi connectivity index (χ0) is 19.8. The number of amides is 2. The van der Waals surface area contributed by atoms with E-state index in [1.54, 1.807) is 19.2 Å². The topological polar surface area (TPSA) is 68.6 Å². The van der Waals surface area contributed by atoms with Gasteiger partial charge in [0.2, 0.25) is 0 Å². The number of methoxy groups -OCH3 is 1. The molecule has 1 aromatic carbocycles. The lowest BCUT2D eigenvalue weighted by Crippen LogP contribution is -2.37. The molecule has 0 saturated carbocycles. The molecule has 148 valence electrons. The molecule has 1 aromatic heterocycles. The molecule has 0 aliphatic rings. The molecular formula is C18H24F2N4O3. The second-order valence-corrected chi connectivity index (χ2v) is 5.88. The first-order valence-corrected chi connectivity index (χ1v) is 8.54. The lowest BCUT2D eigenvalue weighted by molar-refractivity contribution is 0.0651. The number of benzene rings is 1. The van der Waals surface area contributed by atoms with Crippen LogP contribution in [0.4, 0.5) is 13.6 Å². The van der Waals surface area contributed by atoms with E-state index in [0.717, 1.165) is 16.6 Å². The summed E-state index contributed by atoms with van der Waals surface area (Å²) in [6, 6.07) is 5.01. The third-order valence-electron chi connectivity index (χ3n) is 3.82. The minimum Gasteiger partial charge on any atom is -0.493 e. The highest BCUT2D eigenvalue weighted by atomic mass is 19.3. The van der Waals surface area contributed by atoms with E-state index in [1.165, 1.54) is 24.3 Å². The highest BCUT2D eigenvalue weighted by molar-refractivity contribution is 5.73. The van der Waals surface area contributed by atoms with Crippen LogP contribution in [0.1, 0.15) is 31.3 Å².